The van der Waals surface area contributed by atoms with Crippen molar-refractivity contribution in [1.82, 2.24) is 10.2 Å². The van der Waals surface area contributed by atoms with Crippen molar-refractivity contribution in [2.24, 2.45) is 0 Å². The third-order valence-corrected chi connectivity index (χ3v) is 3.82. The van der Waals surface area contributed by atoms with Gasteiger partial charge in [-0.15, -0.1) is 0 Å². The lowest BCUT2D eigenvalue weighted by Gasteiger charge is -2.33. The highest BCUT2D eigenvalue weighted by atomic mass is 19.1. The number of halogens is 3. The van der Waals surface area contributed by atoms with Gasteiger partial charge in [0.2, 0.25) is 0 Å². The number of benzene rings is 1. The third-order valence-electron chi connectivity index (χ3n) is 3.82. The van der Waals surface area contributed by atoms with Crippen molar-refractivity contribution < 1.29 is 22.7 Å². The molecule has 0 aliphatic carbocycles. The van der Waals surface area contributed by atoms with E-state index in [-0.39, 0.29) is 24.2 Å². The number of nitrogens with zero attached hydrogens (tertiary/aromatic N) is 1. The van der Waals surface area contributed by atoms with Crippen LogP contribution in [0.25, 0.3) is 0 Å². The lowest BCUT2D eigenvalue weighted by Crippen LogP contribution is -2.46. The van der Waals surface area contributed by atoms with Crippen LogP contribution >= 0.6 is 0 Å². The quantitative estimate of drug-likeness (QED) is 0.911. The smallest absolute Gasteiger partial charge is 0.410 e. The summed E-state index contributed by atoms with van der Waals surface area (Å²) in [6.45, 7) is 6.44. The molecule has 0 spiro atoms. The maximum atomic E-state index is 13.6. The lowest BCUT2D eigenvalue weighted by molar-refractivity contribution is 0.0198. The third kappa shape index (κ3) is 5.12. The van der Waals surface area contributed by atoms with Crippen molar-refractivity contribution in [1.29, 1.82) is 0 Å². The van der Waals surface area contributed by atoms with E-state index in [4.69, 9.17) is 4.74 Å². The van der Waals surface area contributed by atoms with E-state index in [1.54, 1.807) is 4.90 Å². The molecule has 1 saturated heterocycles. The van der Waals surface area contributed by atoms with Gasteiger partial charge < -0.3 is 15.0 Å². The number of piperidine rings is 1. The molecule has 1 aliphatic rings. The summed E-state index contributed by atoms with van der Waals surface area (Å²) in [7, 11) is 0. The molecule has 1 amide bonds. The monoisotopic (exact) mass is 344 g/mol. The van der Waals surface area contributed by atoms with Crippen LogP contribution in [0, 0.1) is 17.5 Å². The van der Waals surface area contributed by atoms with Crippen molar-refractivity contribution >= 4 is 6.09 Å². The van der Waals surface area contributed by atoms with Crippen LogP contribution in [0.2, 0.25) is 0 Å². The summed E-state index contributed by atoms with van der Waals surface area (Å²) < 4.78 is 45.4. The Morgan fingerprint density at radius 3 is 2.25 bits per heavy atom. The van der Waals surface area contributed by atoms with E-state index in [1.807, 2.05) is 20.8 Å². The second kappa shape index (κ2) is 7.42. The molecule has 1 aromatic carbocycles. The first kappa shape index (κ1) is 18.6. The van der Waals surface area contributed by atoms with Gasteiger partial charge in [-0.3, -0.25) is 0 Å². The van der Waals surface area contributed by atoms with Gasteiger partial charge >= 0.3 is 6.09 Å². The highest BCUT2D eigenvalue weighted by Gasteiger charge is 2.27. The van der Waals surface area contributed by atoms with Crippen molar-refractivity contribution in [3.8, 4) is 0 Å². The summed E-state index contributed by atoms with van der Waals surface area (Å²) >= 11 is 0. The Morgan fingerprint density at radius 2 is 1.75 bits per heavy atom. The molecule has 0 aromatic heterocycles. The van der Waals surface area contributed by atoms with Crippen LogP contribution < -0.4 is 5.32 Å². The fourth-order valence-electron chi connectivity index (χ4n) is 2.58. The standard InChI is InChI=1S/C17H23F3N2O2/c1-17(2,3)24-16(23)22-6-4-12(5-7-22)21-10-13-14(19)8-11(18)9-15(13)20/h8-9,12,21H,4-7,10H2,1-3H3. The van der Waals surface area contributed by atoms with E-state index in [0.29, 0.717) is 38.1 Å². The number of nitrogens with one attached hydrogen (secondary N) is 1. The highest BCUT2D eigenvalue weighted by Crippen LogP contribution is 2.18. The molecule has 0 saturated carbocycles. The number of ether oxygens (including phenoxy) is 1. The Labute approximate surface area is 140 Å². The molecule has 1 aliphatic heterocycles. The normalized spacial score (nSPS) is 16.3. The average molecular weight is 344 g/mol. The number of amides is 1. The molecule has 4 nitrogen and oxygen atoms in total. The number of hydrogen-bond acceptors (Lipinski definition) is 3. The minimum Gasteiger partial charge on any atom is -0.444 e. The van der Waals surface area contributed by atoms with Gasteiger partial charge in [0.05, 0.1) is 0 Å². The summed E-state index contributed by atoms with van der Waals surface area (Å²) in [5.74, 6) is -2.73. The Morgan fingerprint density at radius 1 is 1.21 bits per heavy atom. The van der Waals surface area contributed by atoms with Gasteiger partial charge in [0, 0.05) is 43.4 Å². The highest BCUT2D eigenvalue weighted by molar-refractivity contribution is 5.68. The zero-order valence-electron chi connectivity index (χ0n) is 14.2. The van der Waals surface area contributed by atoms with Gasteiger partial charge in [-0.25, -0.2) is 18.0 Å². The molecule has 134 valence electrons. The van der Waals surface area contributed by atoms with Crippen molar-refractivity contribution in [2.45, 2.75) is 51.8 Å². The second-order valence-corrected chi connectivity index (χ2v) is 6.97. The number of carbonyl (C=O) groups excluding carboxylic acids is 1. The minimum atomic E-state index is -0.931. The Bertz CT molecular complexity index is 571. The van der Waals surface area contributed by atoms with Crippen molar-refractivity contribution in [2.75, 3.05) is 13.1 Å². The van der Waals surface area contributed by atoms with E-state index < -0.39 is 23.1 Å². The van der Waals surface area contributed by atoms with E-state index in [0.717, 1.165) is 0 Å². The summed E-state index contributed by atoms with van der Waals surface area (Å²) in [6, 6.07) is 1.38. The van der Waals surface area contributed by atoms with Crippen LogP contribution in [0.5, 0.6) is 0 Å². The van der Waals surface area contributed by atoms with Crippen LogP contribution in [0.1, 0.15) is 39.2 Å². The van der Waals surface area contributed by atoms with Gasteiger partial charge in [0.15, 0.2) is 0 Å². The van der Waals surface area contributed by atoms with Gasteiger partial charge in [-0.05, 0) is 33.6 Å². The van der Waals surface area contributed by atoms with Crippen LogP contribution in [-0.2, 0) is 11.3 Å². The van der Waals surface area contributed by atoms with E-state index in [1.165, 1.54) is 0 Å². The van der Waals surface area contributed by atoms with Crippen LogP contribution in [0.15, 0.2) is 12.1 Å². The fourth-order valence-corrected chi connectivity index (χ4v) is 2.58. The van der Waals surface area contributed by atoms with Crippen LogP contribution in [0.4, 0.5) is 18.0 Å². The Balaban J connectivity index is 1.83. The molecule has 1 N–H and O–H groups in total. The lowest BCUT2D eigenvalue weighted by atomic mass is 10.0. The topological polar surface area (TPSA) is 41.6 Å². The summed E-state index contributed by atoms with van der Waals surface area (Å²) in [6.07, 6.45) is 0.962. The first-order chi connectivity index (χ1) is 11.2. The molecule has 0 bridgehead atoms. The van der Waals surface area contributed by atoms with E-state index in [9.17, 15) is 18.0 Å². The average Bonchev–Trinajstić information content (AvgIpc) is 2.45. The maximum absolute atomic E-state index is 13.6. The van der Waals surface area contributed by atoms with Crippen LogP contribution in [0.3, 0.4) is 0 Å². The minimum absolute atomic E-state index is 0.0188. The largest absolute Gasteiger partial charge is 0.444 e. The Hall–Kier alpha value is -1.76. The molecule has 1 aromatic rings. The zero-order valence-corrected chi connectivity index (χ0v) is 14.2. The first-order valence-electron chi connectivity index (χ1n) is 8.00. The van der Waals surface area contributed by atoms with Gasteiger partial charge in [0.25, 0.3) is 0 Å². The molecule has 0 unspecified atom stereocenters. The van der Waals surface area contributed by atoms with Gasteiger partial charge in [-0.1, -0.05) is 0 Å². The number of carbonyl (C=O) groups is 1. The predicted molar refractivity (Wildman–Crippen MR) is 84.0 cm³/mol. The number of rotatable bonds is 3. The molecule has 24 heavy (non-hydrogen) atoms. The molecule has 0 radical (unpaired) electrons. The molecule has 2 rings (SSSR count). The molecule has 1 fully saturated rings. The molecule has 7 heteroatoms. The predicted octanol–water partition coefficient (Wildman–Crippen LogP) is 3.59. The zero-order chi connectivity index (χ0) is 17.9. The molecular weight excluding hydrogens is 321 g/mol. The van der Waals surface area contributed by atoms with Crippen molar-refractivity contribution in [3.05, 3.63) is 35.1 Å². The maximum Gasteiger partial charge on any atom is 0.410 e. The van der Waals surface area contributed by atoms with E-state index in [2.05, 4.69) is 5.32 Å². The first-order valence-corrected chi connectivity index (χ1v) is 8.00. The fraction of sp³-hybridized carbons (Fsp3) is 0.588. The summed E-state index contributed by atoms with van der Waals surface area (Å²) in [4.78, 5) is 13.6. The van der Waals surface area contributed by atoms with E-state index >= 15 is 0 Å². The Kier molecular flexibility index (Phi) is 5.74. The molecule has 1 heterocycles. The second-order valence-electron chi connectivity index (χ2n) is 6.97. The number of likely N-dealkylation sites (tertiary alicyclic amines) is 1. The van der Waals surface area contributed by atoms with Crippen LogP contribution in [-0.4, -0.2) is 35.7 Å². The van der Waals surface area contributed by atoms with Gasteiger partial charge in [-0.2, -0.15) is 0 Å². The SMILES string of the molecule is CC(C)(C)OC(=O)N1CCC(NCc2c(F)cc(F)cc2F)CC1. The molecular formula is C17H23F3N2O2. The number of hydrogen-bond donors (Lipinski definition) is 1. The molecule has 0 atom stereocenters. The summed E-state index contributed by atoms with van der Waals surface area (Å²) in [5.41, 5.74) is -0.713. The van der Waals surface area contributed by atoms with Crippen molar-refractivity contribution in [3.63, 3.8) is 0 Å². The van der Waals surface area contributed by atoms with Gasteiger partial charge in [0.1, 0.15) is 23.1 Å². The summed E-state index contributed by atoms with van der Waals surface area (Å²) in [5, 5.41) is 3.07.